The lowest BCUT2D eigenvalue weighted by Gasteiger charge is -2.09. The van der Waals surface area contributed by atoms with Crippen LogP contribution in [0.4, 0.5) is 0 Å². The zero-order chi connectivity index (χ0) is 14.4. The Hall–Kier alpha value is -1.46. The van der Waals surface area contributed by atoms with E-state index in [1.807, 2.05) is 0 Å². The SMILES string of the molecule is COc1c(Cl)cc(C(=O)NCCNC(C)=O)cc1Cl. The van der Waals surface area contributed by atoms with Gasteiger partial charge < -0.3 is 15.4 Å². The molecule has 104 valence electrons. The number of methoxy groups -OCH3 is 1. The number of benzene rings is 1. The summed E-state index contributed by atoms with van der Waals surface area (Å²) in [5.74, 6) is -0.139. The van der Waals surface area contributed by atoms with Crippen molar-refractivity contribution in [2.45, 2.75) is 6.92 Å². The van der Waals surface area contributed by atoms with E-state index >= 15 is 0 Å². The van der Waals surface area contributed by atoms with E-state index in [4.69, 9.17) is 27.9 Å². The van der Waals surface area contributed by atoms with Gasteiger partial charge in [0.25, 0.3) is 5.91 Å². The van der Waals surface area contributed by atoms with Crippen LogP contribution >= 0.6 is 23.2 Å². The first-order valence-electron chi connectivity index (χ1n) is 5.51. The van der Waals surface area contributed by atoms with Crippen molar-refractivity contribution in [3.8, 4) is 5.75 Å². The molecule has 1 rings (SSSR count). The largest absolute Gasteiger partial charge is 0.494 e. The Morgan fingerprint density at radius 2 is 1.68 bits per heavy atom. The average molecular weight is 305 g/mol. The Morgan fingerprint density at radius 1 is 1.16 bits per heavy atom. The Balaban J connectivity index is 2.65. The lowest BCUT2D eigenvalue weighted by Crippen LogP contribution is -2.33. The van der Waals surface area contributed by atoms with Crippen LogP contribution in [0.1, 0.15) is 17.3 Å². The molecule has 0 saturated heterocycles. The molecule has 19 heavy (non-hydrogen) atoms. The summed E-state index contributed by atoms with van der Waals surface area (Å²) in [4.78, 5) is 22.5. The van der Waals surface area contributed by atoms with E-state index in [9.17, 15) is 9.59 Å². The Kier molecular flexibility index (Phi) is 5.92. The van der Waals surface area contributed by atoms with Gasteiger partial charge in [-0.05, 0) is 12.1 Å². The highest BCUT2D eigenvalue weighted by molar-refractivity contribution is 6.37. The molecule has 0 bridgehead atoms. The second kappa shape index (κ2) is 7.21. The zero-order valence-electron chi connectivity index (χ0n) is 10.5. The Bertz CT molecular complexity index is 469. The number of amides is 2. The number of carbonyl (C=O) groups excluding carboxylic acids is 2. The van der Waals surface area contributed by atoms with Gasteiger partial charge in [0.1, 0.15) is 0 Å². The molecule has 0 spiro atoms. The van der Waals surface area contributed by atoms with Crippen LogP contribution in [-0.2, 0) is 4.79 Å². The van der Waals surface area contributed by atoms with Crippen LogP contribution in [0, 0.1) is 0 Å². The van der Waals surface area contributed by atoms with Gasteiger partial charge in [0.2, 0.25) is 5.91 Å². The van der Waals surface area contributed by atoms with E-state index in [0.29, 0.717) is 24.4 Å². The monoisotopic (exact) mass is 304 g/mol. The van der Waals surface area contributed by atoms with Gasteiger partial charge in [0.05, 0.1) is 17.2 Å². The van der Waals surface area contributed by atoms with Gasteiger partial charge >= 0.3 is 0 Å². The third-order valence-electron chi connectivity index (χ3n) is 2.25. The second-order valence-corrected chi connectivity index (χ2v) is 4.53. The molecule has 1 aromatic rings. The maximum absolute atomic E-state index is 11.8. The fourth-order valence-electron chi connectivity index (χ4n) is 1.40. The van der Waals surface area contributed by atoms with Crippen molar-refractivity contribution in [1.29, 1.82) is 0 Å². The van der Waals surface area contributed by atoms with Crippen molar-refractivity contribution in [3.05, 3.63) is 27.7 Å². The molecule has 2 N–H and O–H groups in total. The van der Waals surface area contributed by atoms with Crippen LogP contribution < -0.4 is 15.4 Å². The number of carbonyl (C=O) groups is 2. The molecular weight excluding hydrogens is 291 g/mol. The summed E-state index contributed by atoms with van der Waals surface area (Å²) < 4.78 is 4.99. The number of nitrogens with one attached hydrogen (secondary N) is 2. The minimum atomic E-state index is -0.322. The van der Waals surface area contributed by atoms with Crippen LogP contribution in [0.3, 0.4) is 0 Å². The van der Waals surface area contributed by atoms with Gasteiger partial charge in [0, 0.05) is 25.6 Å². The molecule has 0 atom stereocenters. The first-order chi connectivity index (χ1) is 8.95. The molecule has 0 unspecified atom stereocenters. The van der Waals surface area contributed by atoms with Crippen LogP contribution in [0.2, 0.25) is 10.0 Å². The summed E-state index contributed by atoms with van der Waals surface area (Å²) >= 11 is 11.9. The van der Waals surface area contributed by atoms with Crippen LogP contribution in [-0.4, -0.2) is 32.0 Å². The van der Waals surface area contributed by atoms with Crippen LogP contribution in [0.25, 0.3) is 0 Å². The maximum atomic E-state index is 11.8. The first-order valence-corrected chi connectivity index (χ1v) is 6.27. The molecule has 0 aromatic heterocycles. The van der Waals surface area contributed by atoms with Crippen molar-refractivity contribution in [1.82, 2.24) is 10.6 Å². The van der Waals surface area contributed by atoms with E-state index in [1.54, 1.807) is 0 Å². The molecular formula is C12H14Cl2N2O3. The lowest BCUT2D eigenvalue weighted by atomic mass is 10.2. The van der Waals surface area contributed by atoms with Crippen LogP contribution in [0.5, 0.6) is 5.75 Å². The normalized spacial score (nSPS) is 9.89. The van der Waals surface area contributed by atoms with Gasteiger partial charge in [0.15, 0.2) is 5.75 Å². The smallest absolute Gasteiger partial charge is 0.251 e. The minimum Gasteiger partial charge on any atom is -0.494 e. The summed E-state index contributed by atoms with van der Waals surface area (Å²) in [6, 6.07) is 2.94. The molecule has 7 heteroatoms. The fraction of sp³-hybridized carbons (Fsp3) is 0.333. The van der Waals surface area contributed by atoms with Crippen LogP contribution in [0.15, 0.2) is 12.1 Å². The van der Waals surface area contributed by atoms with E-state index in [0.717, 1.165) is 0 Å². The molecule has 5 nitrogen and oxygen atoms in total. The Morgan fingerprint density at radius 3 is 2.16 bits per heavy atom. The van der Waals surface area contributed by atoms with Gasteiger partial charge in [-0.2, -0.15) is 0 Å². The second-order valence-electron chi connectivity index (χ2n) is 3.71. The predicted octanol–water partition coefficient (Wildman–Crippen LogP) is 1.87. The number of hydrogen-bond acceptors (Lipinski definition) is 3. The van der Waals surface area contributed by atoms with E-state index in [2.05, 4.69) is 10.6 Å². The summed E-state index contributed by atoms with van der Waals surface area (Å²) in [5, 5.41) is 5.73. The third-order valence-corrected chi connectivity index (χ3v) is 2.81. The van der Waals surface area contributed by atoms with Crippen molar-refractivity contribution >= 4 is 35.0 Å². The van der Waals surface area contributed by atoms with E-state index in [1.165, 1.54) is 26.2 Å². The van der Waals surface area contributed by atoms with Gasteiger partial charge in [-0.3, -0.25) is 9.59 Å². The van der Waals surface area contributed by atoms with Gasteiger partial charge in [-0.1, -0.05) is 23.2 Å². The molecule has 0 aliphatic carbocycles. The predicted molar refractivity (Wildman–Crippen MR) is 74.0 cm³/mol. The quantitative estimate of drug-likeness (QED) is 0.816. The van der Waals surface area contributed by atoms with E-state index < -0.39 is 0 Å². The molecule has 2 amide bonds. The molecule has 0 aliphatic rings. The van der Waals surface area contributed by atoms with Crippen molar-refractivity contribution < 1.29 is 14.3 Å². The molecule has 0 fully saturated rings. The molecule has 1 aromatic carbocycles. The summed E-state index contributed by atoms with van der Waals surface area (Å²) in [7, 11) is 1.44. The molecule has 0 radical (unpaired) electrons. The fourth-order valence-corrected chi connectivity index (χ4v) is 2.04. The summed E-state index contributed by atoms with van der Waals surface area (Å²) in [6.45, 7) is 2.09. The number of hydrogen-bond donors (Lipinski definition) is 2. The van der Waals surface area contributed by atoms with E-state index in [-0.39, 0.29) is 21.9 Å². The summed E-state index contributed by atoms with van der Waals surface area (Å²) in [5.41, 5.74) is 0.332. The highest BCUT2D eigenvalue weighted by Gasteiger charge is 2.13. The maximum Gasteiger partial charge on any atom is 0.251 e. The first kappa shape index (κ1) is 15.6. The Labute approximate surface area is 121 Å². The minimum absolute atomic E-state index is 0.148. The number of rotatable bonds is 5. The van der Waals surface area contributed by atoms with Gasteiger partial charge in [-0.25, -0.2) is 0 Å². The molecule has 0 aliphatic heterocycles. The topological polar surface area (TPSA) is 67.4 Å². The lowest BCUT2D eigenvalue weighted by molar-refractivity contribution is -0.118. The standard InChI is InChI=1S/C12H14Cl2N2O3/c1-7(17)15-3-4-16-12(18)8-5-9(13)11(19-2)10(14)6-8/h5-6H,3-4H2,1-2H3,(H,15,17)(H,16,18). The van der Waals surface area contributed by atoms with Crippen molar-refractivity contribution in [2.75, 3.05) is 20.2 Å². The average Bonchev–Trinajstić information content (AvgIpc) is 2.33. The molecule has 0 heterocycles. The zero-order valence-corrected chi connectivity index (χ0v) is 12.1. The van der Waals surface area contributed by atoms with Gasteiger partial charge in [-0.15, -0.1) is 0 Å². The number of halogens is 2. The van der Waals surface area contributed by atoms with Crippen molar-refractivity contribution in [2.24, 2.45) is 0 Å². The molecule has 0 saturated carbocycles. The third kappa shape index (κ3) is 4.61. The van der Waals surface area contributed by atoms with Crippen molar-refractivity contribution in [3.63, 3.8) is 0 Å². The summed E-state index contributed by atoms with van der Waals surface area (Å²) in [6.07, 6.45) is 0. The highest BCUT2D eigenvalue weighted by Crippen LogP contribution is 2.33. The highest BCUT2D eigenvalue weighted by atomic mass is 35.5. The number of ether oxygens (including phenoxy) is 1.